The molecule has 0 aliphatic heterocycles. The lowest BCUT2D eigenvalue weighted by Gasteiger charge is -1.91. The molecule has 0 fully saturated rings. The number of fused-ring (bicyclic) bond motifs is 1. The Labute approximate surface area is 75.1 Å². The monoisotopic (exact) mass is 175 g/mol. The third kappa shape index (κ3) is 1.16. The second kappa shape index (κ2) is 2.90. The van der Waals surface area contributed by atoms with Crippen molar-refractivity contribution < 1.29 is 5.21 Å². The summed E-state index contributed by atoms with van der Waals surface area (Å²) in [5.74, 6) is 0. The highest BCUT2D eigenvalue weighted by Crippen LogP contribution is 2.15. The maximum absolute atomic E-state index is 8.45. The number of aryl methyl sites for hydroxylation is 1. The zero-order chi connectivity index (χ0) is 9.26. The predicted molar refractivity (Wildman–Crippen MR) is 50.1 cm³/mol. The third-order valence-corrected chi connectivity index (χ3v) is 1.97. The van der Waals surface area contributed by atoms with Gasteiger partial charge >= 0.3 is 0 Å². The smallest absolute Gasteiger partial charge is 0.0930 e. The van der Waals surface area contributed by atoms with Crippen LogP contribution in [0.4, 0.5) is 0 Å². The first-order valence-electron chi connectivity index (χ1n) is 3.92. The van der Waals surface area contributed by atoms with Gasteiger partial charge in [0.25, 0.3) is 0 Å². The van der Waals surface area contributed by atoms with E-state index in [0.29, 0.717) is 0 Å². The number of oxime groups is 1. The molecule has 0 atom stereocenters. The Bertz CT molecular complexity index is 459. The first kappa shape index (κ1) is 7.79. The highest BCUT2D eigenvalue weighted by molar-refractivity contribution is 5.96. The highest BCUT2D eigenvalue weighted by Gasteiger charge is 2.04. The summed E-state index contributed by atoms with van der Waals surface area (Å²) in [5.41, 5.74) is 1.71. The fourth-order valence-electron chi connectivity index (χ4n) is 1.38. The fraction of sp³-hybridized carbons (Fsp3) is 0.111. The molecule has 1 aromatic heterocycles. The number of hydrogen-bond donors (Lipinski definition) is 1. The normalized spacial score (nSPS) is 11.5. The van der Waals surface area contributed by atoms with Gasteiger partial charge in [0.15, 0.2) is 0 Å². The van der Waals surface area contributed by atoms with Gasteiger partial charge in [0.1, 0.15) is 0 Å². The van der Waals surface area contributed by atoms with Crippen LogP contribution in [-0.2, 0) is 7.05 Å². The Morgan fingerprint density at radius 1 is 1.46 bits per heavy atom. The van der Waals surface area contributed by atoms with Crippen LogP contribution < -0.4 is 0 Å². The molecule has 4 nitrogen and oxygen atoms in total. The van der Waals surface area contributed by atoms with Gasteiger partial charge in [-0.3, -0.25) is 4.68 Å². The molecular formula is C9H9N3O. The van der Waals surface area contributed by atoms with E-state index in [2.05, 4.69) is 10.3 Å². The average Bonchev–Trinajstić information content (AvgIpc) is 2.44. The molecule has 0 saturated heterocycles. The molecular weight excluding hydrogens is 166 g/mol. The van der Waals surface area contributed by atoms with Crippen molar-refractivity contribution in [1.82, 2.24) is 9.78 Å². The van der Waals surface area contributed by atoms with Crippen LogP contribution in [-0.4, -0.2) is 21.2 Å². The van der Waals surface area contributed by atoms with E-state index in [9.17, 15) is 0 Å². The van der Waals surface area contributed by atoms with Gasteiger partial charge in [0.05, 0.1) is 17.4 Å². The summed E-state index contributed by atoms with van der Waals surface area (Å²) in [6, 6.07) is 7.72. The summed E-state index contributed by atoms with van der Waals surface area (Å²) in [6.45, 7) is 0. The average molecular weight is 175 g/mol. The molecule has 1 aromatic carbocycles. The Morgan fingerprint density at radius 2 is 2.23 bits per heavy atom. The molecule has 0 unspecified atom stereocenters. The van der Waals surface area contributed by atoms with Gasteiger partial charge in [0, 0.05) is 12.4 Å². The Morgan fingerprint density at radius 3 is 3.00 bits per heavy atom. The minimum Gasteiger partial charge on any atom is -0.411 e. The van der Waals surface area contributed by atoms with Crippen molar-refractivity contribution >= 4 is 17.1 Å². The van der Waals surface area contributed by atoms with Crippen LogP contribution in [0.3, 0.4) is 0 Å². The predicted octanol–water partition coefficient (Wildman–Crippen LogP) is 1.38. The van der Waals surface area contributed by atoms with Crippen LogP contribution in [0.5, 0.6) is 0 Å². The van der Waals surface area contributed by atoms with E-state index in [1.54, 1.807) is 4.68 Å². The lowest BCUT2D eigenvalue weighted by Crippen LogP contribution is -1.96. The van der Waals surface area contributed by atoms with E-state index in [1.807, 2.05) is 31.3 Å². The summed E-state index contributed by atoms with van der Waals surface area (Å²) in [5, 5.41) is 16.7. The van der Waals surface area contributed by atoms with Crippen LogP contribution >= 0.6 is 0 Å². The van der Waals surface area contributed by atoms with Crippen molar-refractivity contribution in [1.29, 1.82) is 0 Å². The summed E-state index contributed by atoms with van der Waals surface area (Å²) < 4.78 is 1.68. The molecule has 0 saturated carbocycles. The summed E-state index contributed by atoms with van der Waals surface area (Å²) in [7, 11) is 1.82. The number of rotatable bonds is 1. The van der Waals surface area contributed by atoms with Crippen molar-refractivity contribution in [3.8, 4) is 0 Å². The first-order chi connectivity index (χ1) is 6.33. The molecule has 0 spiro atoms. The van der Waals surface area contributed by atoms with Crippen molar-refractivity contribution in [2.45, 2.75) is 0 Å². The third-order valence-electron chi connectivity index (χ3n) is 1.97. The summed E-state index contributed by atoms with van der Waals surface area (Å²) in [6.07, 6.45) is 1.38. The Balaban J connectivity index is 2.78. The zero-order valence-corrected chi connectivity index (χ0v) is 7.18. The summed E-state index contributed by atoms with van der Waals surface area (Å²) >= 11 is 0. The van der Waals surface area contributed by atoms with Crippen LogP contribution in [0.1, 0.15) is 5.69 Å². The number of nitrogens with zero attached hydrogens (tertiary/aromatic N) is 3. The molecule has 0 aliphatic rings. The first-order valence-corrected chi connectivity index (χ1v) is 3.92. The van der Waals surface area contributed by atoms with Gasteiger partial charge < -0.3 is 5.21 Å². The lowest BCUT2D eigenvalue weighted by atomic mass is 10.2. The molecule has 0 radical (unpaired) electrons. The minimum atomic E-state index is 0.804. The summed E-state index contributed by atoms with van der Waals surface area (Å²) in [4.78, 5) is 0. The van der Waals surface area contributed by atoms with Gasteiger partial charge in [-0.2, -0.15) is 5.10 Å². The van der Waals surface area contributed by atoms with E-state index in [-0.39, 0.29) is 0 Å². The molecule has 1 heterocycles. The Hall–Kier alpha value is -1.84. The van der Waals surface area contributed by atoms with Crippen molar-refractivity contribution in [3.63, 3.8) is 0 Å². The molecule has 1 N–H and O–H groups in total. The minimum absolute atomic E-state index is 0.804. The van der Waals surface area contributed by atoms with E-state index in [1.165, 1.54) is 6.21 Å². The largest absolute Gasteiger partial charge is 0.411 e. The van der Waals surface area contributed by atoms with Gasteiger partial charge in [0.2, 0.25) is 0 Å². The zero-order valence-electron chi connectivity index (χ0n) is 7.18. The van der Waals surface area contributed by atoms with E-state index >= 15 is 0 Å². The van der Waals surface area contributed by atoms with Crippen molar-refractivity contribution in [2.24, 2.45) is 12.2 Å². The van der Waals surface area contributed by atoms with Crippen LogP contribution in [0, 0.1) is 0 Å². The number of aromatic nitrogens is 2. The van der Waals surface area contributed by atoms with E-state index in [4.69, 9.17) is 5.21 Å². The SMILES string of the molecule is Cn1nc2ccccc2c1/C=N/O. The molecule has 0 bridgehead atoms. The Kier molecular flexibility index (Phi) is 1.73. The maximum Gasteiger partial charge on any atom is 0.0930 e. The quantitative estimate of drug-likeness (QED) is 0.404. The van der Waals surface area contributed by atoms with Gasteiger partial charge in [-0.25, -0.2) is 0 Å². The molecule has 4 heteroatoms. The van der Waals surface area contributed by atoms with Gasteiger partial charge in [-0.15, -0.1) is 0 Å². The second-order valence-corrected chi connectivity index (χ2v) is 2.77. The molecule has 0 aliphatic carbocycles. The van der Waals surface area contributed by atoms with Gasteiger partial charge in [-0.1, -0.05) is 23.4 Å². The van der Waals surface area contributed by atoms with Crippen LogP contribution in [0.15, 0.2) is 29.4 Å². The van der Waals surface area contributed by atoms with E-state index < -0.39 is 0 Å². The standard InChI is InChI=1S/C9H9N3O/c1-12-9(6-10-13)7-4-2-3-5-8(7)11-12/h2-6,13H,1H3/b10-6+. The highest BCUT2D eigenvalue weighted by atomic mass is 16.4. The van der Waals surface area contributed by atoms with E-state index in [0.717, 1.165) is 16.6 Å². The number of hydrogen-bond acceptors (Lipinski definition) is 3. The molecule has 2 rings (SSSR count). The molecule has 0 amide bonds. The molecule has 13 heavy (non-hydrogen) atoms. The van der Waals surface area contributed by atoms with Crippen molar-refractivity contribution in [3.05, 3.63) is 30.0 Å². The second-order valence-electron chi connectivity index (χ2n) is 2.77. The maximum atomic E-state index is 8.45. The van der Waals surface area contributed by atoms with Crippen LogP contribution in [0.2, 0.25) is 0 Å². The molecule has 2 aromatic rings. The number of benzene rings is 1. The molecule has 66 valence electrons. The van der Waals surface area contributed by atoms with Crippen molar-refractivity contribution in [2.75, 3.05) is 0 Å². The lowest BCUT2D eigenvalue weighted by molar-refractivity contribution is 0.321. The van der Waals surface area contributed by atoms with Gasteiger partial charge in [-0.05, 0) is 6.07 Å². The topological polar surface area (TPSA) is 50.4 Å². The van der Waals surface area contributed by atoms with Crippen LogP contribution in [0.25, 0.3) is 10.9 Å². The fourth-order valence-corrected chi connectivity index (χ4v) is 1.38.